The van der Waals surface area contributed by atoms with Crippen LogP contribution in [0, 0.1) is 0 Å². The van der Waals surface area contributed by atoms with Crippen LogP contribution in [0.2, 0.25) is 0 Å². The molecular weight excluding hydrogens is 276 g/mol. The normalized spacial score (nSPS) is 20.1. The SMILES string of the molecule is CC(C)Oc1cccc(C2(C)NC(=O)c3ccccc3N2)c1. The molecule has 2 aromatic carbocycles. The second kappa shape index (κ2) is 5.37. The van der Waals surface area contributed by atoms with Gasteiger partial charge in [-0.05, 0) is 45.0 Å². The maximum absolute atomic E-state index is 12.4. The molecule has 1 unspecified atom stereocenters. The monoisotopic (exact) mass is 296 g/mol. The summed E-state index contributed by atoms with van der Waals surface area (Å²) in [6.07, 6.45) is 0.109. The predicted octanol–water partition coefficient (Wildman–Crippen LogP) is 3.50. The molecular formula is C18H20N2O2. The van der Waals surface area contributed by atoms with Crippen LogP contribution in [0.15, 0.2) is 48.5 Å². The Morgan fingerprint density at radius 2 is 1.82 bits per heavy atom. The Labute approximate surface area is 130 Å². The minimum absolute atomic E-state index is 0.0768. The summed E-state index contributed by atoms with van der Waals surface area (Å²) in [5.74, 6) is 0.718. The summed E-state index contributed by atoms with van der Waals surface area (Å²) < 4.78 is 5.75. The molecule has 0 aromatic heterocycles. The van der Waals surface area contributed by atoms with Crippen LogP contribution in [-0.4, -0.2) is 12.0 Å². The number of fused-ring (bicyclic) bond motifs is 1. The highest BCUT2D eigenvalue weighted by atomic mass is 16.5. The summed E-state index contributed by atoms with van der Waals surface area (Å²) in [7, 11) is 0. The Kier molecular flexibility index (Phi) is 3.53. The van der Waals surface area contributed by atoms with Crippen molar-refractivity contribution in [3.8, 4) is 5.75 Å². The van der Waals surface area contributed by atoms with Crippen molar-refractivity contribution < 1.29 is 9.53 Å². The van der Waals surface area contributed by atoms with Gasteiger partial charge >= 0.3 is 0 Å². The second-order valence-electron chi connectivity index (χ2n) is 5.94. The number of hydrogen-bond donors (Lipinski definition) is 2. The Morgan fingerprint density at radius 1 is 1.05 bits per heavy atom. The molecule has 3 rings (SSSR count). The molecule has 0 saturated heterocycles. The van der Waals surface area contributed by atoms with Gasteiger partial charge in [-0.3, -0.25) is 4.79 Å². The summed E-state index contributed by atoms with van der Waals surface area (Å²) in [6, 6.07) is 15.3. The molecule has 0 spiro atoms. The van der Waals surface area contributed by atoms with Gasteiger partial charge in [-0.25, -0.2) is 0 Å². The lowest BCUT2D eigenvalue weighted by molar-refractivity contribution is 0.0906. The first-order valence-electron chi connectivity index (χ1n) is 7.45. The van der Waals surface area contributed by atoms with E-state index in [1.807, 2.05) is 69.3 Å². The van der Waals surface area contributed by atoms with Crippen molar-refractivity contribution in [2.45, 2.75) is 32.5 Å². The lowest BCUT2D eigenvalue weighted by Crippen LogP contribution is -2.52. The number of carbonyl (C=O) groups excluding carboxylic acids is 1. The molecule has 2 aromatic rings. The lowest BCUT2D eigenvalue weighted by atomic mass is 9.96. The lowest BCUT2D eigenvalue weighted by Gasteiger charge is -2.38. The number of amides is 1. The zero-order chi connectivity index (χ0) is 15.7. The van der Waals surface area contributed by atoms with E-state index in [0.29, 0.717) is 5.56 Å². The molecule has 0 radical (unpaired) electrons. The number of ether oxygens (including phenoxy) is 1. The average molecular weight is 296 g/mol. The number of carbonyl (C=O) groups is 1. The van der Waals surface area contributed by atoms with Gasteiger partial charge in [-0.15, -0.1) is 0 Å². The number of rotatable bonds is 3. The summed E-state index contributed by atoms with van der Waals surface area (Å²) >= 11 is 0. The minimum Gasteiger partial charge on any atom is -0.491 e. The number of hydrogen-bond acceptors (Lipinski definition) is 3. The number of para-hydroxylation sites is 1. The van der Waals surface area contributed by atoms with E-state index in [0.717, 1.165) is 17.0 Å². The first kappa shape index (κ1) is 14.4. The van der Waals surface area contributed by atoms with Gasteiger partial charge in [-0.2, -0.15) is 0 Å². The number of anilines is 1. The number of nitrogens with one attached hydrogen (secondary N) is 2. The number of benzene rings is 2. The van der Waals surface area contributed by atoms with E-state index >= 15 is 0 Å². The summed E-state index contributed by atoms with van der Waals surface area (Å²) in [5, 5.41) is 6.45. The van der Waals surface area contributed by atoms with Crippen LogP contribution in [0.25, 0.3) is 0 Å². The molecule has 2 N–H and O–H groups in total. The Balaban J connectivity index is 1.96. The maximum Gasteiger partial charge on any atom is 0.255 e. The van der Waals surface area contributed by atoms with Crippen molar-refractivity contribution in [1.82, 2.24) is 5.32 Å². The van der Waals surface area contributed by atoms with Crippen LogP contribution >= 0.6 is 0 Å². The van der Waals surface area contributed by atoms with Crippen molar-refractivity contribution in [2.75, 3.05) is 5.32 Å². The highest BCUT2D eigenvalue weighted by Crippen LogP contribution is 2.32. The first-order valence-corrected chi connectivity index (χ1v) is 7.45. The fourth-order valence-corrected chi connectivity index (χ4v) is 2.68. The zero-order valence-electron chi connectivity index (χ0n) is 13.0. The molecule has 114 valence electrons. The van der Waals surface area contributed by atoms with Gasteiger partial charge in [0.25, 0.3) is 5.91 Å². The smallest absolute Gasteiger partial charge is 0.255 e. The highest BCUT2D eigenvalue weighted by molar-refractivity contribution is 6.02. The van der Waals surface area contributed by atoms with E-state index < -0.39 is 5.66 Å². The summed E-state index contributed by atoms with van der Waals surface area (Å²) in [5.41, 5.74) is 1.79. The molecule has 4 nitrogen and oxygen atoms in total. The molecule has 1 aliphatic rings. The third kappa shape index (κ3) is 2.64. The van der Waals surface area contributed by atoms with E-state index in [1.54, 1.807) is 0 Å². The van der Waals surface area contributed by atoms with Crippen LogP contribution in [0.5, 0.6) is 5.75 Å². The fraction of sp³-hybridized carbons (Fsp3) is 0.278. The molecule has 1 heterocycles. The Bertz CT molecular complexity index is 712. The zero-order valence-corrected chi connectivity index (χ0v) is 13.0. The first-order chi connectivity index (χ1) is 10.5. The van der Waals surface area contributed by atoms with E-state index in [9.17, 15) is 4.79 Å². The van der Waals surface area contributed by atoms with Crippen molar-refractivity contribution in [3.05, 3.63) is 59.7 Å². The molecule has 0 fully saturated rings. The minimum atomic E-state index is -0.665. The van der Waals surface area contributed by atoms with Crippen molar-refractivity contribution in [1.29, 1.82) is 0 Å². The van der Waals surface area contributed by atoms with Crippen LogP contribution < -0.4 is 15.4 Å². The fourth-order valence-electron chi connectivity index (χ4n) is 2.68. The van der Waals surface area contributed by atoms with Crippen LogP contribution in [0.1, 0.15) is 36.7 Å². The van der Waals surface area contributed by atoms with Gasteiger partial charge in [0.05, 0.1) is 11.7 Å². The van der Waals surface area contributed by atoms with Gasteiger partial charge in [0.1, 0.15) is 11.4 Å². The largest absolute Gasteiger partial charge is 0.491 e. The quantitative estimate of drug-likeness (QED) is 0.911. The third-order valence-electron chi connectivity index (χ3n) is 3.70. The van der Waals surface area contributed by atoms with Crippen molar-refractivity contribution in [3.63, 3.8) is 0 Å². The Morgan fingerprint density at radius 3 is 2.59 bits per heavy atom. The molecule has 1 amide bonds. The average Bonchev–Trinajstić information content (AvgIpc) is 2.47. The molecule has 22 heavy (non-hydrogen) atoms. The molecule has 1 aliphatic heterocycles. The highest BCUT2D eigenvalue weighted by Gasteiger charge is 2.34. The third-order valence-corrected chi connectivity index (χ3v) is 3.70. The van der Waals surface area contributed by atoms with Gasteiger partial charge < -0.3 is 15.4 Å². The van der Waals surface area contributed by atoms with E-state index in [-0.39, 0.29) is 12.0 Å². The standard InChI is InChI=1S/C18H20N2O2/c1-12(2)22-14-8-6-7-13(11-14)18(3)19-16-10-5-4-9-15(16)17(21)20-18/h4-12,19H,1-3H3,(H,20,21). The molecule has 0 bridgehead atoms. The summed E-state index contributed by atoms with van der Waals surface area (Å²) in [4.78, 5) is 12.4. The van der Waals surface area contributed by atoms with Gasteiger partial charge in [-0.1, -0.05) is 24.3 Å². The van der Waals surface area contributed by atoms with E-state index in [4.69, 9.17) is 4.74 Å². The maximum atomic E-state index is 12.4. The van der Waals surface area contributed by atoms with Crippen molar-refractivity contribution >= 4 is 11.6 Å². The van der Waals surface area contributed by atoms with Crippen LogP contribution in [0.3, 0.4) is 0 Å². The predicted molar refractivity (Wildman–Crippen MR) is 87.1 cm³/mol. The Hall–Kier alpha value is -2.49. The van der Waals surface area contributed by atoms with E-state index in [1.165, 1.54) is 0 Å². The van der Waals surface area contributed by atoms with Gasteiger partial charge in [0.2, 0.25) is 0 Å². The molecule has 1 atom stereocenters. The molecule has 0 saturated carbocycles. The van der Waals surface area contributed by atoms with Crippen molar-refractivity contribution in [2.24, 2.45) is 0 Å². The molecule has 0 aliphatic carbocycles. The summed E-state index contributed by atoms with van der Waals surface area (Å²) in [6.45, 7) is 5.94. The van der Waals surface area contributed by atoms with Gasteiger partial charge in [0.15, 0.2) is 0 Å². The molecule has 4 heteroatoms. The van der Waals surface area contributed by atoms with Gasteiger partial charge in [0, 0.05) is 11.3 Å². The second-order valence-corrected chi connectivity index (χ2v) is 5.94. The van der Waals surface area contributed by atoms with Crippen LogP contribution in [0.4, 0.5) is 5.69 Å². The topological polar surface area (TPSA) is 50.4 Å². The van der Waals surface area contributed by atoms with E-state index in [2.05, 4.69) is 10.6 Å². The van der Waals surface area contributed by atoms with Crippen LogP contribution in [-0.2, 0) is 5.66 Å².